The predicted molar refractivity (Wildman–Crippen MR) is 67.6 cm³/mol. The molecule has 104 valence electrons. The lowest BCUT2D eigenvalue weighted by Gasteiger charge is -2.24. The number of rotatable bonds is 4. The van der Waals surface area contributed by atoms with E-state index in [0.29, 0.717) is 0 Å². The Morgan fingerprint density at radius 3 is 2.74 bits per heavy atom. The molecule has 4 N–H and O–H groups in total. The van der Waals surface area contributed by atoms with Gasteiger partial charge < -0.3 is 20.9 Å². The molecule has 0 fully saturated rings. The molecule has 7 heteroatoms. The van der Waals surface area contributed by atoms with Gasteiger partial charge in [0.2, 0.25) is 0 Å². The number of nitrogens with zero attached hydrogens (tertiary/aromatic N) is 2. The lowest BCUT2D eigenvalue weighted by Crippen LogP contribution is -2.37. The summed E-state index contributed by atoms with van der Waals surface area (Å²) >= 11 is 0. The fourth-order valence-electron chi connectivity index (χ4n) is 1.56. The van der Waals surface area contributed by atoms with E-state index in [1.54, 1.807) is 6.92 Å². The van der Waals surface area contributed by atoms with Crippen molar-refractivity contribution >= 4 is 11.7 Å². The number of carbonyl (C=O) groups is 1. The van der Waals surface area contributed by atoms with Crippen molar-refractivity contribution in [2.45, 2.75) is 19.4 Å². The van der Waals surface area contributed by atoms with Gasteiger partial charge in [0.1, 0.15) is 17.4 Å². The number of amidine groups is 1. The summed E-state index contributed by atoms with van der Waals surface area (Å²) in [5, 5.41) is 20.8. The molecule has 1 amide bonds. The SMILES string of the molecule is CC(C/C(N)=N/O)N(C)C(=O)c1ccc(F)cc1O. The van der Waals surface area contributed by atoms with Gasteiger partial charge >= 0.3 is 0 Å². The van der Waals surface area contributed by atoms with Crippen LogP contribution in [0, 0.1) is 5.82 Å². The first-order chi connectivity index (χ1) is 8.86. The van der Waals surface area contributed by atoms with Gasteiger partial charge in [-0.05, 0) is 19.1 Å². The Labute approximate surface area is 109 Å². The van der Waals surface area contributed by atoms with Crippen LogP contribution in [0.15, 0.2) is 23.4 Å². The number of benzene rings is 1. The van der Waals surface area contributed by atoms with E-state index >= 15 is 0 Å². The van der Waals surface area contributed by atoms with Crippen LogP contribution in [0.2, 0.25) is 0 Å². The summed E-state index contributed by atoms with van der Waals surface area (Å²) < 4.78 is 12.8. The van der Waals surface area contributed by atoms with Crippen LogP contribution in [-0.2, 0) is 0 Å². The number of halogens is 1. The monoisotopic (exact) mass is 269 g/mol. The van der Waals surface area contributed by atoms with Gasteiger partial charge in [-0.3, -0.25) is 4.79 Å². The normalized spacial score (nSPS) is 13.1. The van der Waals surface area contributed by atoms with Crippen molar-refractivity contribution < 1.29 is 19.5 Å². The first-order valence-electron chi connectivity index (χ1n) is 5.59. The molecular formula is C12H16FN3O3. The zero-order valence-electron chi connectivity index (χ0n) is 10.7. The lowest BCUT2D eigenvalue weighted by atomic mass is 10.1. The highest BCUT2D eigenvalue weighted by Gasteiger charge is 2.21. The number of oxime groups is 1. The average molecular weight is 269 g/mol. The maximum absolute atomic E-state index is 12.8. The van der Waals surface area contributed by atoms with Crippen LogP contribution in [0.3, 0.4) is 0 Å². The van der Waals surface area contributed by atoms with Crippen LogP contribution in [0.4, 0.5) is 4.39 Å². The molecule has 19 heavy (non-hydrogen) atoms. The van der Waals surface area contributed by atoms with Gasteiger partial charge in [-0.25, -0.2) is 4.39 Å². The summed E-state index contributed by atoms with van der Waals surface area (Å²) in [5.74, 6) is -1.53. The van der Waals surface area contributed by atoms with Gasteiger partial charge in [-0.1, -0.05) is 5.16 Å². The topological polar surface area (TPSA) is 99.2 Å². The second-order valence-electron chi connectivity index (χ2n) is 4.22. The zero-order chi connectivity index (χ0) is 14.6. The Morgan fingerprint density at radius 1 is 1.58 bits per heavy atom. The van der Waals surface area contributed by atoms with E-state index in [1.165, 1.54) is 18.0 Å². The summed E-state index contributed by atoms with van der Waals surface area (Å²) in [6.07, 6.45) is 0.181. The van der Waals surface area contributed by atoms with Crippen LogP contribution >= 0.6 is 0 Å². The Kier molecular flexibility index (Phi) is 4.68. The first kappa shape index (κ1) is 14.7. The molecular weight excluding hydrogens is 253 g/mol. The Morgan fingerprint density at radius 2 is 2.21 bits per heavy atom. The first-order valence-corrected chi connectivity index (χ1v) is 5.59. The summed E-state index contributed by atoms with van der Waals surface area (Å²) in [6, 6.07) is 2.83. The standard InChI is InChI=1S/C12H16FN3O3/c1-7(5-11(14)15-19)16(2)12(18)9-4-3-8(13)6-10(9)17/h3-4,6-7,17,19H,5H2,1-2H3,(H2,14,15). The quantitative estimate of drug-likeness (QED) is 0.330. The number of carbonyl (C=O) groups excluding carboxylic acids is 1. The van der Waals surface area contributed by atoms with Crippen molar-refractivity contribution in [3.05, 3.63) is 29.6 Å². The second-order valence-corrected chi connectivity index (χ2v) is 4.22. The summed E-state index contributed by atoms with van der Waals surface area (Å²) in [7, 11) is 1.51. The maximum atomic E-state index is 12.8. The highest BCUT2D eigenvalue weighted by Crippen LogP contribution is 2.20. The van der Waals surface area contributed by atoms with Crippen molar-refractivity contribution in [1.29, 1.82) is 0 Å². The molecule has 0 bridgehead atoms. The highest BCUT2D eigenvalue weighted by molar-refractivity contribution is 5.97. The van der Waals surface area contributed by atoms with E-state index in [-0.39, 0.29) is 23.9 Å². The molecule has 0 saturated carbocycles. The number of hydrogen-bond donors (Lipinski definition) is 3. The largest absolute Gasteiger partial charge is 0.507 e. The van der Waals surface area contributed by atoms with Crippen molar-refractivity contribution in [1.82, 2.24) is 4.90 Å². The third kappa shape index (κ3) is 3.57. The number of nitrogens with two attached hydrogens (primary N) is 1. The highest BCUT2D eigenvalue weighted by atomic mass is 19.1. The average Bonchev–Trinajstić information content (AvgIpc) is 2.36. The van der Waals surface area contributed by atoms with E-state index in [2.05, 4.69) is 5.16 Å². The molecule has 1 aromatic carbocycles. The molecule has 1 aromatic rings. The summed E-state index contributed by atoms with van der Waals surface area (Å²) in [5.41, 5.74) is 5.36. The van der Waals surface area contributed by atoms with Gasteiger partial charge in [0.15, 0.2) is 0 Å². The number of phenolic OH excluding ortho intramolecular Hbond substituents is 1. The Hall–Kier alpha value is -2.31. The van der Waals surface area contributed by atoms with Gasteiger partial charge in [0.05, 0.1) is 5.56 Å². The minimum atomic E-state index is -0.624. The van der Waals surface area contributed by atoms with Crippen LogP contribution in [0.25, 0.3) is 0 Å². The second kappa shape index (κ2) is 6.03. The number of aromatic hydroxyl groups is 1. The van der Waals surface area contributed by atoms with Crippen LogP contribution in [0.1, 0.15) is 23.7 Å². The molecule has 1 unspecified atom stereocenters. The molecule has 1 atom stereocenters. The van der Waals surface area contributed by atoms with Crippen LogP contribution in [-0.4, -0.2) is 40.0 Å². The zero-order valence-corrected chi connectivity index (χ0v) is 10.7. The molecule has 0 heterocycles. The number of phenols is 1. The van der Waals surface area contributed by atoms with Crippen LogP contribution < -0.4 is 5.73 Å². The molecule has 1 rings (SSSR count). The molecule has 0 aromatic heterocycles. The molecule has 0 spiro atoms. The summed E-state index contributed by atoms with van der Waals surface area (Å²) in [4.78, 5) is 13.4. The minimum absolute atomic E-state index is 0.00419. The molecule has 0 radical (unpaired) electrons. The van der Waals surface area contributed by atoms with E-state index in [1.807, 2.05) is 0 Å². The third-order valence-electron chi connectivity index (χ3n) is 2.80. The fraction of sp³-hybridized carbons (Fsp3) is 0.333. The Balaban J connectivity index is 2.87. The molecule has 0 aliphatic rings. The fourth-order valence-corrected chi connectivity index (χ4v) is 1.56. The molecule has 6 nitrogen and oxygen atoms in total. The minimum Gasteiger partial charge on any atom is -0.507 e. The lowest BCUT2D eigenvalue weighted by molar-refractivity contribution is 0.0744. The van der Waals surface area contributed by atoms with Crippen molar-refractivity contribution in [3.8, 4) is 5.75 Å². The molecule has 0 saturated heterocycles. The molecule has 0 aliphatic heterocycles. The maximum Gasteiger partial charge on any atom is 0.257 e. The predicted octanol–water partition coefficient (Wildman–Crippen LogP) is 1.13. The van der Waals surface area contributed by atoms with Gasteiger partial charge in [-0.2, -0.15) is 0 Å². The summed E-state index contributed by atoms with van der Waals surface area (Å²) in [6.45, 7) is 1.70. The van der Waals surface area contributed by atoms with Crippen LogP contribution in [0.5, 0.6) is 5.75 Å². The third-order valence-corrected chi connectivity index (χ3v) is 2.80. The van der Waals surface area contributed by atoms with Crippen molar-refractivity contribution in [3.63, 3.8) is 0 Å². The van der Waals surface area contributed by atoms with E-state index in [4.69, 9.17) is 10.9 Å². The van der Waals surface area contributed by atoms with E-state index < -0.39 is 17.5 Å². The van der Waals surface area contributed by atoms with Crippen molar-refractivity contribution in [2.75, 3.05) is 7.05 Å². The number of amides is 1. The van der Waals surface area contributed by atoms with Gasteiger partial charge in [0, 0.05) is 25.6 Å². The van der Waals surface area contributed by atoms with E-state index in [0.717, 1.165) is 12.1 Å². The Bertz CT molecular complexity index is 505. The number of hydrogen-bond acceptors (Lipinski definition) is 4. The molecule has 0 aliphatic carbocycles. The van der Waals surface area contributed by atoms with E-state index in [9.17, 15) is 14.3 Å². The van der Waals surface area contributed by atoms with Crippen molar-refractivity contribution in [2.24, 2.45) is 10.9 Å². The van der Waals surface area contributed by atoms with Gasteiger partial charge in [0.25, 0.3) is 5.91 Å². The van der Waals surface area contributed by atoms with Gasteiger partial charge in [-0.15, -0.1) is 0 Å². The smallest absolute Gasteiger partial charge is 0.257 e.